The van der Waals surface area contributed by atoms with Gasteiger partial charge in [-0.1, -0.05) is 6.07 Å². The fourth-order valence-electron chi connectivity index (χ4n) is 1.98. The third kappa shape index (κ3) is 7.23. The first-order chi connectivity index (χ1) is 12.5. The Hall–Kier alpha value is -3.05. The molecule has 0 fully saturated rings. The molecule has 26 heavy (non-hydrogen) atoms. The maximum Gasteiger partial charge on any atom is 0.261 e. The van der Waals surface area contributed by atoms with Crippen molar-refractivity contribution in [3.8, 4) is 17.6 Å². The van der Waals surface area contributed by atoms with Crippen molar-refractivity contribution in [2.75, 3.05) is 33.5 Å². The van der Waals surface area contributed by atoms with Crippen molar-refractivity contribution in [2.45, 2.75) is 13.3 Å². The number of nitriles is 1. The van der Waals surface area contributed by atoms with Gasteiger partial charge in [-0.3, -0.25) is 9.59 Å². The van der Waals surface area contributed by atoms with Gasteiger partial charge in [-0.2, -0.15) is 5.26 Å². The molecule has 8 heteroatoms. The number of nitrogens with one attached hydrogen (secondary N) is 1. The Balaban J connectivity index is 2.92. The number of benzene rings is 1. The second kappa shape index (κ2) is 11.5. The number of rotatable bonds is 11. The van der Waals surface area contributed by atoms with E-state index in [-0.39, 0.29) is 12.2 Å². The number of hydrogen-bond acceptors (Lipinski definition) is 6. The Morgan fingerprint density at radius 1 is 1.31 bits per heavy atom. The predicted molar refractivity (Wildman–Crippen MR) is 95.4 cm³/mol. The Bertz CT molecular complexity index is 695. The zero-order valence-electron chi connectivity index (χ0n) is 14.9. The number of methoxy groups -OCH3 is 1. The Morgan fingerprint density at radius 2 is 2.08 bits per heavy atom. The lowest BCUT2D eigenvalue weighted by Crippen LogP contribution is -2.26. The topological polar surface area (TPSA) is 124 Å². The zero-order chi connectivity index (χ0) is 19.4. The Kier molecular flexibility index (Phi) is 9.28. The molecule has 0 aliphatic carbocycles. The highest BCUT2D eigenvalue weighted by molar-refractivity contribution is 6.01. The lowest BCUT2D eigenvalue weighted by Gasteiger charge is -2.11. The van der Waals surface area contributed by atoms with E-state index in [4.69, 9.17) is 19.9 Å². The van der Waals surface area contributed by atoms with Crippen molar-refractivity contribution in [1.29, 1.82) is 5.26 Å². The molecule has 0 unspecified atom stereocenters. The van der Waals surface area contributed by atoms with Gasteiger partial charge >= 0.3 is 0 Å². The zero-order valence-corrected chi connectivity index (χ0v) is 14.9. The van der Waals surface area contributed by atoms with Crippen LogP contribution in [-0.4, -0.2) is 45.3 Å². The standard InChI is InChI=1S/C18H23N3O5/c1-3-25-16-10-13(5-6-15(16)26-12-17(20)22)9-14(11-19)18(23)21-7-4-8-24-2/h5-6,9-10H,3-4,7-8,12H2,1-2H3,(H2,20,22)(H,21,23)/b14-9+. The quantitative estimate of drug-likeness (QED) is 0.344. The first-order valence-corrected chi connectivity index (χ1v) is 8.08. The van der Waals surface area contributed by atoms with Gasteiger partial charge < -0.3 is 25.3 Å². The molecule has 0 spiro atoms. The lowest BCUT2D eigenvalue weighted by molar-refractivity contribution is -0.120. The smallest absolute Gasteiger partial charge is 0.261 e. The first-order valence-electron chi connectivity index (χ1n) is 8.08. The average molecular weight is 361 g/mol. The summed E-state index contributed by atoms with van der Waals surface area (Å²) < 4.78 is 15.7. The van der Waals surface area contributed by atoms with Crippen LogP contribution in [0.15, 0.2) is 23.8 Å². The van der Waals surface area contributed by atoms with E-state index in [2.05, 4.69) is 5.32 Å². The Labute approximate surface area is 152 Å². The summed E-state index contributed by atoms with van der Waals surface area (Å²) in [6.07, 6.45) is 2.10. The van der Waals surface area contributed by atoms with Crippen LogP contribution in [0.3, 0.4) is 0 Å². The largest absolute Gasteiger partial charge is 0.490 e. The number of carbonyl (C=O) groups is 2. The van der Waals surface area contributed by atoms with Crippen LogP contribution < -0.4 is 20.5 Å². The van der Waals surface area contributed by atoms with Crippen LogP contribution in [-0.2, 0) is 14.3 Å². The highest BCUT2D eigenvalue weighted by atomic mass is 16.5. The molecule has 0 aliphatic heterocycles. The SMILES string of the molecule is CCOc1cc(/C=C(\C#N)C(=O)NCCCOC)ccc1OCC(N)=O. The van der Waals surface area contributed by atoms with E-state index in [1.54, 1.807) is 32.2 Å². The second-order valence-corrected chi connectivity index (χ2v) is 5.17. The van der Waals surface area contributed by atoms with Crippen LogP contribution in [0.25, 0.3) is 6.08 Å². The molecule has 0 atom stereocenters. The molecule has 2 amide bonds. The number of carbonyl (C=O) groups excluding carboxylic acids is 2. The van der Waals surface area contributed by atoms with E-state index in [9.17, 15) is 14.9 Å². The monoisotopic (exact) mass is 361 g/mol. The van der Waals surface area contributed by atoms with Gasteiger partial charge in [-0.05, 0) is 37.1 Å². The van der Waals surface area contributed by atoms with Gasteiger partial charge in [0.15, 0.2) is 18.1 Å². The molecule has 1 aromatic rings. The molecule has 1 aromatic carbocycles. The molecule has 0 aromatic heterocycles. The van der Waals surface area contributed by atoms with E-state index < -0.39 is 11.8 Å². The molecule has 0 radical (unpaired) electrons. The molecule has 0 heterocycles. The molecule has 1 rings (SSSR count). The van der Waals surface area contributed by atoms with Crippen LogP contribution in [0.4, 0.5) is 0 Å². The van der Waals surface area contributed by atoms with Crippen molar-refractivity contribution in [1.82, 2.24) is 5.32 Å². The molecule has 0 saturated carbocycles. The minimum absolute atomic E-state index is 0.0318. The van der Waals surface area contributed by atoms with Crippen LogP contribution in [0.2, 0.25) is 0 Å². The third-order valence-electron chi connectivity index (χ3n) is 3.12. The molecule has 3 N–H and O–H groups in total. The summed E-state index contributed by atoms with van der Waals surface area (Å²) in [6, 6.07) is 6.74. The number of nitrogens with two attached hydrogens (primary N) is 1. The highest BCUT2D eigenvalue weighted by Crippen LogP contribution is 2.29. The van der Waals surface area contributed by atoms with Gasteiger partial charge in [-0.15, -0.1) is 0 Å². The van der Waals surface area contributed by atoms with Gasteiger partial charge in [0.25, 0.3) is 11.8 Å². The average Bonchev–Trinajstić information content (AvgIpc) is 2.62. The summed E-state index contributed by atoms with van der Waals surface area (Å²) in [5.41, 5.74) is 5.62. The van der Waals surface area contributed by atoms with Crippen molar-refractivity contribution < 1.29 is 23.8 Å². The molecule has 0 saturated heterocycles. The minimum Gasteiger partial charge on any atom is -0.490 e. The summed E-state index contributed by atoms with van der Waals surface area (Å²) in [5, 5.41) is 11.9. The summed E-state index contributed by atoms with van der Waals surface area (Å²) in [6.45, 7) is 2.84. The van der Waals surface area contributed by atoms with Crippen molar-refractivity contribution in [3.63, 3.8) is 0 Å². The number of primary amides is 1. The predicted octanol–water partition coefficient (Wildman–Crippen LogP) is 1.01. The van der Waals surface area contributed by atoms with Crippen molar-refractivity contribution in [2.24, 2.45) is 5.73 Å². The molecule has 0 aliphatic rings. The number of hydrogen-bond donors (Lipinski definition) is 2. The van der Waals surface area contributed by atoms with Crippen LogP contribution in [0, 0.1) is 11.3 Å². The van der Waals surface area contributed by atoms with Gasteiger partial charge in [0.2, 0.25) is 0 Å². The maximum absolute atomic E-state index is 12.0. The minimum atomic E-state index is -0.603. The van der Waals surface area contributed by atoms with E-state index in [1.165, 1.54) is 6.08 Å². The number of ether oxygens (including phenoxy) is 3. The van der Waals surface area contributed by atoms with Crippen molar-refractivity contribution in [3.05, 3.63) is 29.3 Å². The fourth-order valence-corrected chi connectivity index (χ4v) is 1.98. The number of amides is 2. The summed E-state index contributed by atoms with van der Waals surface area (Å²) in [4.78, 5) is 22.9. The molecular formula is C18H23N3O5. The summed E-state index contributed by atoms with van der Waals surface area (Å²) in [5.74, 6) is -0.324. The first kappa shape index (κ1) is 21.0. The number of nitrogens with zero attached hydrogens (tertiary/aromatic N) is 1. The molecule has 0 bridgehead atoms. The normalized spacial score (nSPS) is 10.7. The Morgan fingerprint density at radius 3 is 2.69 bits per heavy atom. The van der Waals surface area contributed by atoms with Crippen LogP contribution in [0.5, 0.6) is 11.5 Å². The van der Waals surface area contributed by atoms with Gasteiger partial charge in [0.05, 0.1) is 6.61 Å². The fraction of sp³-hybridized carbons (Fsp3) is 0.389. The van der Waals surface area contributed by atoms with Gasteiger partial charge in [0.1, 0.15) is 11.6 Å². The van der Waals surface area contributed by atoms with E-state index in [1.807, 2.05) is 6.07 Å². The summed E-state index contributed by atoms with van der Waals surface area (Å²) >= 11 is 0. The van der Waals surface area contributed by atoms with Crippen LogP contribution >= 0.6 is 0 Å². The lowest BCUT2D eigenvalue weighted by atomic mass is 10.1. The van der Waals surface area contributed by atoms with Gasteiger partial charge in [0, 0.05) is 20.3 Å². The van der Waals surface area contributed by atoms with E-state index in [0.717, 1.165) is 0 Å². The molecular weight excluding hydrogens is 338 g/mol. The molecule has 8 nitrogen and oxygen atoms in total. The van der Waals surface area contributed by atoms with Crippen LogP contribution in [0.1, 0.15) is 18.9 Å². The van der Waals surface area contributed by atoms with E-state index in [0.29, 0.717) is 43.2 Å². The maximum atomic E-state index is 12.0. The molecule has 140 valence electrons. The second-order valence-electron chi connectivity index (χ2n) is 5.17. The third-order valence-corrected chi connectivity index (χ3v) is 3.12. The summed E-state index contributed by atoms with van der Waals surface area (Å²) in [7, 11) is 1.58. The van der Waals surface area contributed by atoms with Gasteiger partial charge in [-0.25, -0.2) is 0 Å². The van der Waals surface area contributed by atoms with E-state index >= 15 is 0 Å². The highest BCUT2D eigenvalue weighted by Gasteiger charge is 2.11. The van der Waals surface area contributed by atoms with Crippen molar-refractivity contribution >= 4 is 17.9 Å².